The zero-order chi connectivity index (χ0) is 38.6. The zero-order valence-corrected chi connectivity index (χ0v) is 31.7. The first kappa shape index (κ1) is 32.1. The molecule has 5 nitrogen and oxygen atoms in total. The highest BCUT2D eigenvalue weighted by molar-refractivity contribution is 6.19. The molecule has 4 heterocycles. The number of nitrogens with zero attached hydrogens (tertiary/aromatic N) is 4. The number of fused-ring (bicyclic) bond motifs is 9. The SMILES string of the molecule is c1ccc(-n2c3ccccc3c3c(-c4nc(-c5ccc(N6c7ccccc7-c7cccc8cccc6c78)c6ccccc56)nc5c4oc4ccccc45)cccc32)cc1. The Morgan fingerprint density at radius 1 is 0.390 bits per heavy atom. The summed E-state index contributed by atoms with van der Waals surface area (Å²) in [5, 5.41) is 7.91. The molecule has 12 aromatic rings. The third-order valence-electron chi connectivity index (χ3n) is 12.1. The molecule has 0 saturated carbocycles. The van der Waals surface area contributed by atoms with Gasteiger partial charge in [-0.3, -0.25) is 0 Å². The van der Waals surface area contributed by atoms with Crippen LogP contribution in [0.4, 0.5) is 17.1 Å². The molecule has 0 atom stereocenters. The van der Waals surface area contributed by atoms with E-state index in [2.05, 4.69) is 185 Å². The molecule has 0 unspecified atom stereocenters. The number of aromatic nitrogens is 3. The summed E-state index contributed by atoms with van der Waals surface area (Å²) in [7, 11) is 0. The minimum atomic E-state index is 0.650. The Labute approximate surface area is 338 Å². The van der Waals surface area contributed by atoms with Crippen molar-refractivity contribution in [1.82, 2.24) is 14.5 Å². The summed E-state index contributed by atoms with van der Waals surface area (Å²) in [5.41, 5.74) is 14.2. The number of rotatable bonds is 4. The predicted molar refractivity (Wildman–Crippen MR) is 243 cm³/mol. The molecule has 9 aromatic carbocycles. The third-order valence-corrected chi connectivity index (χ3v) is 12.1. The van der Waals surface area contributed by atoms with Gasteiger partial charge in [0.05, 0.1) is 28.1 Å². The number of para-hydroxylation sites is 4. The van der Waals surface area contributed by atoms with Gasteiger partial charge in [-0.15, -0.1) is 0 Å². The van der Waals surface area contributed by atoms with E-state index in [0.717, 1.165) is 82.9 Å². The lowest BCUT2D eigenvalue weighted by Gasteiger charge is -2.34. The normalized spacial score (nSPS) is 12.4. The van der Waals surface area contributed by atoms with E-state index in [1.807, 2.05) is 18.2 Å². The van der Waals surface area contributed by atoms with Gasteiger partial charge in [0.25, 0.3) is 0 Å². The molecular formula is C54H32N4O. The average molecular weight is 753 g/mol. The van der Waals surface area contributed by atoms with Crippen LogP contribution in [0.1, 0.15) is 0 Å². The van der Waals surface area contributed by atoms with Gasteiger partial charge in [-0.2, -0.15) is 0 Å². The Bertz CT molecular complexity index is 3690. The minimum Gasteiger partial charge on any atom is -0.452 e. The molecule has 1 aliphatic heterocycles. The standard InChI is InChI=1S/C54H32N4O/c1-2-17-34(18-3-1)57-44-27-10-7-22-40(44)50-42(25-14-29-47(50)57)52-53-51(41-23-8-11-30-48(41)59-53)55-54(56-52)39-31-32-45(36-20-5-4-19-35(36)39)58-43-26-9-6-21-37(43)38-24-12-15-33-16-13-28-46(58)49(33)38/h1-32H. The quantitative estimate of drug-likeness (QED) is 0.180. The maximum absolute atomic E-state index is 6.72. The molecule has 5 heteroatoms. The van der Waals surface area contributed by atoms with E-state index in [9.17, 15) is 0 Å². The van der Waals surface area contributed by atoms with Crippen molar-refractivity contribution in [2.45, 2.75) is 0 Å². The summed E-state index contributed by atoms with van der Waals surface area (Å²) in [6.45, 7) is 0. The Balaban J connectivity index is 1.09. The fraction of sp³-hybridized carbons (Fsp3) is 0. The highest BCUT2D eigenvalue weighted by atomic mass is 16.3. The second kappa shape index (κ2) is 12.2. The van der Waals surface area contributed by atoms with Crippen LogP contribution >= 0.6 is 0 Å². The van der Waals surface area contributed by atoms with E-state index in [-0.39, 0.29) is 0 Å². The summed E-state index contributed by atoms with van der Waals surface area (Å²) in [5.74, 6) is 0.650. The van der Waals surface area contributed by atoms with Gasteiger partial charge >= 0.3 is 0 Å². The molecule has 0 N–H and O–H groups in total. The first-order chi connectivity index (χ1) is 29.3. The Morgan fingerprint density at radius 3 is 1.95 bits per heavy atom. The van der Waals surface area contributed by atoms with Crippen molar-refractivity contribution in [2.75, 3.05) is 4.90 Å². The zero-order valence-electron chi connectivity index (χ0n) is 31.7. The van der Waals surface area contributed by atoms with Crippen LogP contribution in [0, 0.1) is 0 Å². The molecule has 3 aromatic heterocycles. The van der Waals surface area contributed by atoms with Crippen molar-refractivity contribution in [3.05, 3.63) is 194 Å². The third kappa shape index (κ3) is 4.55. The maximum atomic E-state index is 6.72. The van der Waals surface area contributed by atoms with Crippen LogP contribution in [0.3, 0.4) is 0 Å². The maximum Gasteiger partial charge on any atom is 0.180 e. The van der Waals surface area contributed by atoms with Gasteiger partial charge in [-0.25, -0.2) is 9.97 Å². The Hall–Kier alpha value is -8.02. The van der Waals surface area contributed by atoms with Crippen molar-refractivity contribution >= 4 is 82.5 Å². The van der Waals surface area contributed by atoms with Gasteiger partial charge in [0.2, 0.25) is 0 Å². The van der Waals surface area contributed by atoms with Gasteiger partial charge in [0.15, 0.2) is 11.4 Å². The van der Waals surface area contributed by atoms with E-state index in [1.54, 1.807) is 0 Å². The van der Waals surface area contributed by atoms with E-state index >= 15 is 0 Å². The van der Waals surface area contributed by atoms with Crippen LogP contribution in [0.2, 0.25) is 0 Å². The molecule has 0 saturated heterocycles. The lowest BCUT2D eigenvalue weighted by atomic mass is 9.90. The molecular weight excluding hydrogens is 721 g/mol. The Morgan fingerprint density at radius 2 is 1.05 bits per heavy atom. The summed E-state index contributed by atoms with van der Waals surface area (Å²) in [6, 6.07) is 69.0. The molecule has 1 aliphatic rings. The molecule has 274 valence electrons. The van der Waals surface area contributed by atoms with Gasteiger partial charge in [0.1, 0.15) is 16.8 Å². The lowest BCUT2D eigenvalue weighted by Crippen LogP contribution is -2.15. The van der Waals surface area contributed by atoms with E-state index in [4.69, 9.17) is 14.4 Å². The fourth-order valence-electron chi connectivity index (χ4n) is 9.66. The summed E-state index contributed by atoms with van der Waals surface area (Å²) < 4.78 is 9.06. The van der Waals surface area contributed by atoms with Gasteiger partial charge in [0, 0.05) is 49.3 Å². The first-order valence-electron chi connectivity index (χ1n) is 20.0. The molecule has 0 spiro atoms. The van der Waals surface area contributed by atoms with Crippen LogP contribution in [0.25, 0.3) is 105 Å². The van der Waals surface area contributed by atoms with E-state index < -0.39 is 0 Å². The minimum absolute atomic E-state index is 0.650. The predicted octanol–water partition coefficient (Wildman–Crippen LogP) is 14.6. The Kier molecular flexibility index (Phi) is 6.66. The van der Waals surface area contributed by atoms with Crippen LogP contribution in [-0.4, -0.2) is 14.5 Å². The monoisotopic (exact) mass is 752 g/mol. The summed E-state index contributed by atoms with van der Waals surface area (Å²) in [4.78, 5) is 13.3. The van der Waals surface area contributed by atoms with Crippen LogP contribution in [0.15, 0.2) is 199 Å². The van der Waals surface area contributed by atoms with Crippen molar-refractivity contribution < 1.29 is 4.42 Å². The second-order valence-corrected chi connectivity index (χ2v) is 15.3. The number of anilines is 3. The fourth-order valence-corrected chi connectivity index (χ4v) is 9.66. The molecule has 0 aliphatic carbocycles. The van der Waals surface area contributed by atoms with Crippen molar-refractivity contribution in [3.8, 4) is 39.5 Å². The summed E-state index contributed by atoms with van der Waals surface area (Å²) >= 11 is 0. The van der Waals surface area contributed by atoms with E-state index in [1.165, 1.54) is 27.6 Å². The van der Waals surface area contributed by atoms with Crippen LogP contribution in [-0.2, 0) is 0 Å². The topological polar surface area (TPSA) is 47.1 Å². The average Bonchev–Trinajstić information content (AvgIpc) is 3.85. The smallest absolute Gasteiger partial charge is 0.180 e. The second-order valence-electron chi connectivity index (χ2n) is 15.3. The van der Waals surface area contributed by atoms with Gasteiger partial charge < -0.3 is 13.9 Å². The molecule has 59 heavy (non-hydrogen) atoms. The molecule has 13 rings (SSSR count). The number of furan rings is 1. The van der Waals surface area contributed by atoms with Crippen molar-refractivity contribution in [2.24, 2.45) is 0 Å². The van der Waals surface area contributed by atoms with Crippen LogP contribution in [0.5, 0.6) is 0 Å². The molecule has 0 fully saturated rings. The highest BCUT2D eigenvalue weighted by Crippen LogP contribution is 2.52. The number of benzene rings is 9. The van der Waals surface area contributed by atoms with Gasteiger partial charge in [-0.1, -0.05) is 133 Å². The molecule has 0 amide bonds. The van der Waals surface area contributed by atoms with Gasteiger partial charge in [-0.05, 0) is 77.0 Å². The lowest BCUT2D eigenvalue weighted by molar-refractivity contribution is 0.667. The highest BCUT2D eigenvalue weighted by Gasteiger charge is 2.28. The van der Waals surface area contributed by atoms with E-state index in [0.29, 0.717) is 11.4 Å². The first-order valence-corrected chi connectivity index (χ1v) is 20.0. The van der Waals surface area contributed by atoms with Crippen molar-refractivity contribution in [3.63, 3.8) is 0 Å². The number of hydrogen-bond donors (Lipinski definition) is 0. The number of hydrogen-bond acceptors (Lipinski definition) is 4. The summed E-state index contributed by atoms with van der Waals surface area (Å²) in [6.07, 6.45) is 0. The molecule has 0 radical (unpaired) electrons. The largest absolute Gasteiger partial charge is 0.452 e. The van der Waals surface area contributed by atoms with Crippen molar-refractivity contribution in [1.29, 1.82) is 0 Å². The van der Waals surface area contributed by atoms with Crippen LogP contribution < -0.4 is 4.90 Å². The molecule has 0 bridgehead atoms.